The molecule has 0 fully saturated rings. The van der Waals surface area contributed by atoms with E-state index in [-0.39, 0.29) is 29.1 Å². The van der Waals surface area contributed by atoms with Crippen molar-refractivity contribution < 1.29 is 22.4 Å². The lowest BCUT2D eigenvalue weighted by Gasteiger charge is -2.38. The third kappa shape index (κ3) is 6.76. The molecule has 32 heavy (non-hydrogen) atoms. The van der Waals surface area contributed by atoms with Crippen LogP contribution in [0.25, 0.3) is 0 Å². The van der Waals surface area contributed by atoms with E-state index in [4.69, 9.17) is 9.16 Å². The normalized spacial score (nSPS) is 15.0. The third-order valence-corrected chi connectivity index (χ3v) is 12.6. The number of carbonyl (C=O) groups is 1. The highest BCUT2D eigenvalue weighted by molar-refractivity contribution is 7.89. The largest absolute Gasteiger partial charge is 0.465 e. The Morgan fingerprint density at radius 2 is 1.69 bits per heavy atom. The summed E-state index contributed by atoms with van der Waals surface area (Å²) >= 11 is 0. The summed E-state index contributed by atoms with van der Waals surface area (Å²) in [5.74, 6) is -0.572. The molecule has 0 spiro atoms. The van der Waals surface area contributed by atoms with Crippen LogP contribution in [0.1, 0.15) is 66.6 Å². The fourth-order valence-corrected chi connectivity index (χ4v) is 6.38. The van der Waals surface area contributed by atoms with E-state index in [0.29, 0.717) is 0 Å². The highest BCUT2D eigenvalue weighted by Gasteiger charge is 2.40. The monoisotopic (exact) mass is 483 g/mol. The molecule has 0 amide bonds. The average molecular weight is 484 g/mol. The van der Waals surface area contributed by atoms with Gasteiger partial charge < -0.3 is 9.16 Å². The molecular weight excluding hydrogens is 442 g/mol. The number of nitrogens with zero attached hydrogens (tertiary/aromatic N) is 1. The number of hydrogen-bond acceptors (Lipinski definition) is 5. The lowest BCUT2D eigenvalue weighted by Crippen LogP contribution is -2.49. The molecule has 0 saturated heterocycles. The zero-order valence-corrected chi connectivity index (χ0v) is 23.0. The molecule has 1 aromatic carbocycles. The Bertz CT molecular complexity index is 873. The van der Waals surface area contributed by atoms with E-state index in [1.807, 2.05) is 6.92 Å². The Kier molecular flexibility index (Phi) is 9.90. The van der Waals surface area contributed by atoms with Crippen LogP contribution in [0.2, 0.25) is 18.1 Å². The summed E-state index contributed by atoms with van der Waals surface area (Å²) in [6.07, 6.45) is 1.56. The van der Waals surface area contributed by atoms with E-state index in [1.165, 1.54) is 10.4 Å². The molecular formula is C24H41NO5SSi. The van der Waals surface area contributed by atoms with E-state index >= 15 is 0 Å². The molecule has 0 heterocycles. The van der Waals surface area contributed by atoms with E-state index in [0.717, 1.165) is 5.56 Å². The smallest absolute Gasteiger partial charge is 0.324 e. The molecule has 0 N–H and O–H groups in total. The highest BCUT2D eigenvalue weighted by Crippen LogP contribution is 2.39. The molecule has 0 aliphatic rings. The number of carbonyl (C=O) groups excluding carboxylic acids is 1. The van der Waals surface area contributed by atoms with Crippen LogP contribution < -0.4 is 0 Å². The van der Waals surface area contributed by atoms with Crippen molar-refractivity contribution in [1.82, 2.24) is 4.31 Å². The van der Waals surface area contributed by atoms with Crippen LogP contribution in [-0.2, 0) is 24.0 Å². The van der Waals surface area contributed by atoms with Crippen molar-refractivity contribution in [3.05, 3.63) is 42.5 Å². The third-order valence-electron chi connectivity index (χ3n) is 5.97. The second-order valence-corrected chi connectivity index (χ2v) is 16.4. The first-order valence-electron chi connectivity index (χ1n) is 11.2. The Labute approximate surface area is 196 Å². The van der Waals surface area contributed by atoms with Gasteiger partial charge in [0.05, 0.1) is 17.6 Å². The molecule has 2 atom stereocenters. The number of rotatable bonds is 11. The first-order valence-corrected chi connectivity index (χ1v) is 15.5. The van der Waals surface area contributed by atoms with Crippen LogP contribution >= 0.6 is 0 Å². The van der Waals surface area contributed by atoms with Gasteiger partial charge >= 0.3 is 5.97 Å². The van der Waals surface area contributed by atoms with Crippen LogP contribution in [0, 0.1) is 0 Å². The Morgan fingerprint density at radius 1 is 1.16 bits per heavy atom. The highest BCUT2D eigenvalue weighted by atomic mass is 32.2. The Morgan fingerprint density at radius 3 is 2.09 bits per heavy atom. The quantitative estimate of drug-likeness (QED) is 0.230. The second kappa shape index (κ2) is 11.1. The van der Waals surface area contributed by atoms with Crippen molar-refractivity contribution in [1.29, 1.82) is 0 Å². The van der Waals surface area contributed by atoms with Gasteiger partial charge in [-0.05, 0) is 69.9 Å². The lowest BCUT2D eigenvalue weighted by atomic mass is 10.1. The van der Waals surface area contributed by atoms with Crippen LogP contribution in [0.5, 0.6) is 0 Å². The summed E-state index contributed by atoms with van der Waals surface area (Å²) in [5, 5.41) is 0.0789. The van der Waals surface area contributed by atoms with Crippen molar-refractivity contribution in [2.75, 3.05) is 6.61 Å². The SMILES string of the molecule is C=CC[C@@H](C(=O)OCC)N(C(C)C)S(=O)(=O)c1ccc([C@@H](C)O[Si](C)(C)C(C)(C)C)cc1. The lowest BCUT2D eigenvalue weighted by molar-refractivity contribution is -0.148. The van der Waals surface area contributed by atoms with Crippen LogP contribution in [0.4, 0.5) is 0 Å². The van der Waals surface area contributed by atoms with E-state index in [2.05, 4.69) is 40.4 Å². The van der Waals surface area contributed by atoms with Crippen molar-refractivity contribution in [3.63, 3.8) is 0 Å². The van der Waals surface area contributed by atoms with E-state index in [9.17, 15) is 13.2 Å². The minimum atomic E-state index is -3.93. The summed E-state index contributed by atoms with van der Waals surface area (Å²) in [4.78, 5) is 12.7. The van der Waals surface area contributed by atoms with Crippen molar-refractivity contribution in [2.45, 2.75) is 96.1 Å². The summed E-state index contributed by atoms with van der Waals surface area (Å²) in [6, 6.07) is 5.35. The maximum absolute atomic E-state index is 13.5. The minimum Gasteiger partial charge on any atom is -0.465 e. The number of hydrogen-bond donors (Lipinski definition) is 0. The van der Waals surface area contributed by atoms with Gasteiger partial charge in [-0.3, -0.25) is 4.79 Å². The Balaban J connectivity index is 3.27. The van der Waals surface area contributed by atoms with Crippen LogP contribution in [0.3, 0.4) is 0 Å². The molecule has 0 aromatic heterocycles. The van der Waals surface area contributed by atoms with Crippen molar-refractivity contribution in [3.8, 4) is 0 Å². The maximum atomic E-state index is 13.5. The molecule has 0 aliphatic carbocycles. The van der Waals surface area contributed by atoms with Gasteiger partial charge in [0.2, 0.25) is 10.0 Å². The number of esters is 1. The topological polar surface area (TPSA) is 72.9 Å². The summed E-state index contributed by atoms with van der Waals surface area (Å²) < 4.78 is 39.8. The fraction of sp³-hybridized carbons (Fsp3) is 0.625. The van der Waals surface area contributed by atoms with Gasteiger partial charge in [-0.1, -0.05) is 39.0 Å². The van der Waals surface area contributed by atoms with Crippen LogP contribution in [-0.4, -0.2) is 45.7 Å². The fourth-order valence-electron chi connectivity index (χ4n) is 3.22. The minimum absolute atomic E-state index is 0.0789. The van der Waals surface area contributed by atoms with E-state index in [1.54, 1.807) is 45.0 Å². The molecule has 0 radical (unpaired) electrons. The van der Waals surface area contributed by atoms with Gasteiger partial charge in [0.1, 0.15) is 6.04 Å². The number of sulfonamides is 1. The van der Waals surface area contributed by atoms with Gasteiger partial charge in [-0.15, -0.1) is 6.58 Å². The predicted molar refractivity (Wildman–Crippen MR) is 133 cm³/mol. The number of ether oxygens (including phenoxy) is 1. The standard InChI is InChI=1S/C24H41NO5SSi/c1-11-13-22(23(26)29-12-2)25(18(3)4)31(27,28)21-16-14-20(15-17-21)19(5)30-32(9,10)24(6,7)8/h11,14-19,22H,1,12-13H2,2-10H3/t19-,22+/m1/s1. The van der Waals surface area contributed by atoms with Crippen molar-refractivity contribution >= 4 is 24.3 Å². The molecule has 1 aromatic rings. The zero-order chi connectivity index (χ0) is 24.9. The first kappa shape index (κ1) is 28.5. The molecule has 182 valence electrons. The average Bonchev–Trinajstić information content (AvgIpc) is 2.66. The van der Waals surface area contributed by atoms with Gasteiger partial charge in [0, 0.05) is 6.04 Å². The molecule has 0 bridgehead atoms. The predicted octanol–water partition coefficient (Wildman–Crippen LogP) is 5.68. The zero-order valence-electron chi connectivity index (χ0n) is 21.1. The Hall–Kier alpha value is -1.48. The first-order chi connectivity index (χ1) is 14.6. The molecule has 0 aliphatic heterocycles. The number of benzene rings is 1. The van der Waals surface area contributed by atoms with Gasteiger partial charge in [0.25, 0.3) is 0 Å². The van der Waals surface area contributed by atoms with Crippen molar-refractivity contribution in [2.24, 2.45) is 0 Å². The molecule has 0 unspecified atom stereocenters. The molecule has 8 heteroatoms. The molecule has 0 saturated carbocycles. The summed E-state index contributed by atoms with van der Waals surface area (Å²) in [5.41, 5.74) is 0.915. The van der Waals surface area contributed by atoms with Gasteiger partial charge in [-0.2, -0.15) is 4.31 Å². The van der Waals surface area contributed by atoms with Gasteiger partial charge in [0.15, 0.2) is 8.32 Å². The second-order valence-electron chi connectivity index (χ2n) is 9.81. The summed E-state index contributed by atoms with van der Waals surface area (Å²) in [7, 11) is -5.90. The van der Waals surface area contributed by atoms with Gasteiger partial charge in [-0.25, -0.2) is 8.42 Å². The maximum Gasteiger partial charge on any atom is 0.324 e. The molecule has 1 rings (SSSR count). The van der Waals surface area contributed by atoms with Crippen LogP contribution in [0.15, 0.2) is 41.8 Å². The molecule has 6 nitrogen and oxygen atoms in total. The summed E-state index contributed by atoms with van der Waals surface area (Å²) in [6.45, 7) is 22.0. The van der Waals surface area contributed by atoms with E-state index < -0.39 is 36.4 Å².